The van der Waals surface area contributed by atoms with Crippen LogP contribution in [0.15, 0.2) is 30.3 Å². The van der Waals surface area contributed by atoms with Crippen molar-refractivity contribution in [2.24, 2.45) is 10.8 Å². The first kappa shape index (κ1) is 22.4. The quantitative estimate of drug-likeness (QED) is 0.449. The molecular formula is C25H28ClN3O3S. The summed E-state index contributed by atoms with van der Waals surface area (Å²) in [6, 6.07) is 9.48. The highest BCUT2D eigenvalue weighted by Gasteiger charge is 2.50. The zero-order valence-corrected chi connectivity index (χ0v) is 20.9. The molecule has 8 heteroatoms. The van der Waals surface area contributed by atoms with Crippen LogP contribution in [0, 0.1) is 17.8 Å². The van der Waals surface area contributed by atoms with Crippen LogP contribution in [0.3, 0.4) is 0 Å². The fraction of sp³-hybridized carbons (Fsp3) is 0.480. The van der Waals surface area contributed by atoms with Crippen LogP contribution in [0.4, 0.5) is 0 Å². The number of hydrogen-bond acceptors (Lipinski definition) is 5. The summed E-state index contributed by atoms with van der Waals surface area (Å²) in [6.45, 7) is 9.23. The monoisotopic (exact) mass is 485 g/mol. The number of rotatable bonds is 4. The Morgan fingerprint density at radius 3 is 2.76 bits per heavy atom. The highest BCUT2D eigenvalue weighted by atomic mass is 35.5. The topological polar surface area (TPSA) is 64.4 Å². The van der Waals surface area contributed by atoms with E-state index in [0.717, 1.165) is 47.4 Å². The maximum atomic E-state index is 13.0. The van der Waals surface area contributed by atoms with E-state index in [2.05, 4.69) is 25.9 Å². The third-order valence-electron chi connectivity index (χ3n) is 6.89. The average molecular weight is 486 g/mol. The number of nitrogens with zero attached hydrogens (tertiary/aromatic N) is 3. The largest absolute Gasteiger partial charge is 0.451 e. The molecular weight excluding hydrogens is 458 g/mol. The zero-order chi connectivity index (χ0) is 23.5. The molecule has 0 radical (unpaired) electrons. The van der Waals surface area contributed by atoms with Crippen molar-refractivity contribution in [3.8, 4) is 5.69 Å². The molecule has 1 amide bonds. The number of carbonyl (C=O) groups excluding carboxylic acids is 2. The van der Waals surface area contributed by atoms with Gasteiger partial charge < -0.3 is 9.64 Å². The molecule has 0 N–H and O–H groups in total. The summed E-state index contributed by atoms with van der Waals surface area (Å²) >= 11 is 7.66. The van der Waals surface area contributed by atoms with Crippen molar-refractivity contribution in [3.05, 3.63) is 45.9 Å². The van der Waals surface area contributed by atoms with Crippen LogP contribution in [-0.4, -0.2) is 45.8 Å². The zero-order valence-electron chi connectivity index (χ0n) is 19.4. The molecule has 1 aromatic carbocycles. The number of hydrogen-bond donors (Lipinski definition) is 0. The Kier molecular flexibility index (Phi) is 5.33. The Balaban J connectivity index is 1.31. The van der Waals surface area contributed by atoms with E-state index in [-0.39, 0.29) is 29.4 Å². The summed E-state index contributed by atoms with van der Waals surface area (Å²) in [5, 5.41) is 6.04. The van der Waals surface area contributed by atoms with Crippen LogP contribution in [0.25, 0.3) is 15.9 Å². The predicted octanol–water partition coefficient (Wildman–Crippen LogP) is 5.63. The maximum Gasteiger partial charge on any atom is 0.348 e. The molecule has 1 aliphatic heterocycles. The van der Waals surface area contributed by atoms with E-state index >= 15 is 0 Å². The molecule has 3 aromatic rings. The van der Waals surface area contributed by atoms with Gasteiger partial charge in [0, 0.05) is 18.0 Å². The Labute approximate surface area is 202 Å². The van der Waals surface area contributed by atoms with Crippen molar-refractivity contribution in [2.45, 2.75) is 53.0 Å². The summed E-state index contributed by atoms with van der Waals surface area (Å²) in [4.78, 5) is 29.0. The number of aromatic nitrogens is 2. The van der Waals surface area contributed by atoms with Crippen LogP contribution in [0.1, 0.15) is 55.4 Å². The van der Waals surface area contributed by atoms with Gasteiger partial charge >= 0.3 is 5.97 Å². The van der Waals surface area contributed by atoms with E-state index in [1.165, 1.54) is 11.3 Å². The number of thiophene rings is 1. The second-order valence-corrected chi connectivity index (χ2v) is 12.0. The summed E-state index contributed by atoms with van der Waals surface area (Å²) in [7, 11) is 0. The van der Waals surface area contributed by atoms with Gasteiger partial charge in [-0.05, 0) is 55.2 Å². The molecule has 2 unspecified atom stereocenters. The molecule has 1 saturated heterocycles. The highest BCUT2D eigenvalue weighted by Crippen LogP contribution is 2.52. The lowest BCUT2D eigenvalue weighted by molar-refractivity contribution is -0.135. The molecule has 5 rings (SSSR count). The van der Waals surface area contributed by atoms with Gasteiger partial charge in [-0.2, -0.15) is 5.10 Å². The lowest BCUT2D eigenvalue weighted by Crippen LogP contribution is -2.39. The van der Waals surface area contributed by atoms with E-state index < -0.39 is 5.97 Å². The second-order valence-electron chi connectivity index (χ2n) is 10.6. The number of amides is 1. The Bertz CT molecular complexity index is 1260. The molecule has 1 saturated carbocycles. The number of likely N-dealkylation sites (tertiary alicyclic amines) is 1. The number of esters is 1. The van der Waals surface area contributed by atoms with Gasteiger partial charge in [-0.25, -0.2) is 9.48 Å². The van der Waals surface area contributed by atoms with E-state index in [1.807, 2.05) is 36.1 Å². The molecule has 2 bridgehead atoms. The molecule has 2 aromatic heterocycles. The number of fused-ring (bicyclic) bond motifs is 3. The molecule has 2 fully saturated rings. The van der Waals surface area contributed by atoms with E-state index in [1.54, 1.807) is 10.7 Å². The normalized spacial score (nSPS) is 23.8. The average Bonchev–Trinajstić information content (AvgIpc) is 3.37. The third-order valence-corrected chi connectivity index (χ3v) is 8.30. The first-order chi connectivity index (χ1) is 15.6. The summed E-state index contributed by atoms with van der Waals surface area (Å²) in [6.07, 6.45) is 3.14. The van der Waals surface area contributed by atoms with Gasteiger partial charge in [0.05, 0.1) is 16.4 Å². The fourth-order valence-corrected chi connectivity index (χ4v) is 7.25. The van der Waals surface area contributed by atoms with Gasteiger partial charge in [-0.1, -0.05) is 44.5 Å². The number of benzene rings is 1. The van der Waals surface area contributed by atoms with Crippen molar-refractivity contribution in [2.75, 3.05) is 13.2 Å². The minimum Gasteiger partial charge on any atom is -0.451 e. The Morgan fingerprint density at radius 1 is 1.24 bits per heavy atom. The predicted molar refractivity (Wildman–Crippen MR) is 130 cm³/mol. The fourth-order valence-electron chi connectivity index (χ4n) is 5.97. The first-order valence-electron chi connectivity index (χ1n) is 11.3. The molecule has 3 heterocycles. The van der Waals surface area contributed by atoms with Crippen LogP contribution >= 0.6 is 22.9 Å². The minimum absolute atomic E-state index is 0.102. The number of halogens is 1. The number of aryl methyl sites for hydroxylation is 1. The van der Waals surface area contributed by atoms with Gasteiger partial charge in [-0.3, -0.25) is 4.79 Å². The number of para-hydroxylation sites is 1. The Hall–Kier alpha value is -2.38. The molecule has 33 heavy (non-hydrogen) atoms. The van der Waals surface area contributed by atoms with E-state index in [9.17, 15) is 9.59 Å². The van der Waals surface area contributed by atoms with Crippen molar-refractivity contribution in [1.82, 2.24) is 14.7 Å². The van der Waals surface area contributed by atoms with Gasteiger partial charge in [0.1, 0.15) is 9.71 Å². The molecule has 2 atom stereocenters. The van der Waals surface area contributed by atoms with Gasteiger partial charge in [0.15, 0.2) is 6.61 Å². The second kappa shape index (κ2) is 7.84. The van der Waals surface area contributed by atoms with Crippen molar-refractivity contribution < 1.29 is 14.3 Å². The lowest BCUT2D eigenvalue weighted by atomic mass is 9.65. The molecule has 6 nitrogen and oxygen atoms in total. The third kappa shape index (κ3) is 4.06. The van der Waals surface area contributed by atoms with Crippen LogP contribution in [0.2, 0.25) is 5.02 Å². The highest BCUT2D eigenvalue weighted by molar-refractivity contribution is 7.20. The van der Waals surface area contributed by atoms with Crippen LogP contribution in [-0.2, 0) is 9.53 Å². The van der Waals surface area contributed by atoms with Gasteiger partial charge in [-0.15, -0.1) is 11.3 Å². The van der Waals surface area contributed by atoms with Gasteiger partial charge in [0.25, 0.3) is 5.91 Å². The summed E-state index contributed by atoms with van der Waals surface area (Å²) in [5.41, 5.74) is 1.94. The first-order valence-corrected chi connectivity index (χ1v) is 12.5. The van der Waals surface area contributed by atoms with E-state index in [4.69, 9.17) is 16.3 Å². The molecule has 0 spiro atoms. The molecule has 174 valence electrons. The Morgan fingerprint density at radius 2 is 2.00 bits per heavy atom. The van der Waals surface area contributed by atoms with Crippen LogP contribution < -0.4 is 0 Å². The van der Waals surface area contributed by atoms with E-state index in [0.29, 0.717) is 9.90 Å². The minimum atomic E-state index is -0.483. The molecule has 1 aliphatic carbocycles. The van der Waals surface area contributed by atoms with Crippen LogP contribution in [0.5, 0.6) is 0 Å². The van der Waals surface area contributed by atoms with Crippen molar-refractivity contribution >= 4 is 45.0 Å². The molecule has 2 aliphatic rings. The smallest absolute Gasteiger partial charge is 0.348 e. The number of ether oxygens (including phenoxy) is 1. The summed E-state index contributed by atoms with van der Waals surface area (Å²) in [5.74, 6) is -0.585. The van der Waals surface area contributed by atoms with Gasteiger partial charge in [0.2, 0.25) is 0 Å². The SMILES string of the molecule is Cc1nn(-c2ccccc2Cl)c2sc(C(=O)OCC(=O)N3CC4(C)CC3CC(C)(C)C4)cc12. The number of carbonyl (C=O) groups is 2. The lowest BCUT2D eigenvalue weighted by Gasteiger charge is -2.39. The van der Waals surface area contributed by atoms with Crippen molar-refractivity contribution in [3.63, 3.8) is 0 Å². The maximum absolute atomic E-state index is 13.0. The van der Waals surface area contributed by atoms with Crippen molar-refractivity contribution in [1.29, 1.82) is 0 Å². The standard InChI is InChI=1S/C25H28ClN3O3S/c1-15-17-9-20(33-22(17)29(27-15)19-8-6-5-7-18(19)26)23(31)32-12-21(30)28-14-25(4)11-16(28)10-24(2,3)13-25/h5-9,16H,10-14H2,1-4H3. The summed E-state index contributed by atoms with van der Waals surface area (Å²) < 4.78 is 7.22.